The summed E-state index contributed by atoms with van der Waals surface area (Å²) in [6, 6.07) is 5.20. The van der Waals surface area contributed by atoms with Crippen molar-refractivity contribution < 1.29 is 42.5 Å². The first-order chi connectivity index (χ1) is 16.5. The molecule has 1 unspecified atom stereocenters. The highest BCUT2D eigenvalue weighted by atomic mass is 19.3. The van der Waals surface area contributed by atoms with E-state index in [1.165, 1.54) is 30.7 Å². The number of hydrogen-bond donors (Lipinski definition) is 1. The maximum atomic E-state index is 14.4. The highest BCUT2D eigenvalue weighted by molar-refractivity contribution is 5.90. The standard InChI is InChI=1S/C26H34F2O7/c1-25(2,19-11-7-4-8-12-19)35-24(32)33-20-15-13-18(14-16-20)22(29)34-21(26(27,28)23(30)31)17-9-5-3-6-10-17/h13-17,19,21H,3-12H2,1-2H3,(H,30,31). The Bertz CT molecular complexity index is 885. The van der Waals surface area contributed by atoms with Gasteiger partial charge in [-0.15, -0.1) is 0 Å². The summed E-state index contributed by atoms with van der Waals surface area (Å²) in [7, 11) is 0. The number of aliphatic carboxylic acids is 1. The van der Waals surface area contributed by atoms with Gasteiger partial charge >= 0.3 is 24.0 Å². The van der Waals surface area contributed by atoms with Crippen LogP contribution in [0.5, 0.6) is 5.75 Å². The van der Waals surface area contributed by atoms with E-state index in [1.54, 1.807) is 0 Å². The average Bonchev–Trinajstić information content (AvgIpc) is 2.83. The van der Waals surface area contributed by atoms with E-state index in [2.05, 4.69) is 0 Å². The number of hydrogen-bond acceptors (Lipinski definition) is 6. The molecule has 1 atom stereocenters. The van der Waals surface area contributed by atoms with Crippen LogP contribution in [0.2, 0.25) is 0 Å². The summed E-state index contributed by atoms with van der Waals surface area (Å²) >= 11 is 0. The van der Waals surface area contributed by atoms with Gasteiger partial charge in [-0.05, 0) is 69.7 Å². The van der Waals surface area contributed by atoms with Gasteiger partial charge in [-0.3, -0.25) is 0 Å². The first-order valence-electron chi connectivity index (χ1n) is 12.3. The van der Waals surface area contributed by atoms with Gasteiger partial charge in [0.25, 0.3) is 0 Å². The first-order valence-corrected chi connectivity index (χ1v) is 12.3. The second kappa shape index (κ2) is 11.4. The molecular formula is C26H34F2O7. The molecule has 0 radical (unpaired) electrons. The molecule has 0 aromatic heterocycles. The normalized spacial score (nSPS) is 19.0. The van der Waals surface area contributed by atoms with Crippen LogP contribution < -0.4 is 4.74 Å². The van der Waals surface area contributed by atoms with E-state index in [0.717, 1.165) is 32.1 Å². The van der Waals surface area contributed by atoms with Crippen molar-refractivity contribution in [3.8, 4) is 5.75 Å². The van der Waals surface area contributed by atoms with Crippen molar-refractivity contribution in [2.45, 2.75) is 95.7 Å². The Hall–Kier alpha value is -2.71. The molecule has 1 N–H and O–H groups in total. The number of benzene rings is 1. The van der Waals surface area contributed by atoms with E-state index >= 15 is 0 Å². The molecule has 0 aliphatic heterocycles. The van der Waals surface area contributed by atoms with Gasteiger partial charge in [-0.25, -0.2) is 14.4 Å². The van der Waals surface area contributed by atoms with Crippen LogP contribution in [-0.2, 0) is 14.3 Å². The quantitative estimate of drug-likeness (QED) is 0.329. The molecule has 2 fully saturated rings. The van der Waals surface area contributed by atoms with Crippen LogP contribution in [0.3, 0.4) is 0 Å². The molecule has 0 saturated heterocycles. The number of carboxylic acid groups (broad SMARTS) is 1. The van der Waals surface area contributed by atoms with Crippen molar-refractivity contribution in [1.29, 1.82) is 0 Å². The highest BCUT2D eigenvalue weighted by Crippen LogP contribution is 2.37. The van der Waals surface area contributed by atoms with Crippen LogP contribution in [0, 0.1) is 11.8 Å². The maximum Gasteiger partial charge on any atom is 0.514 e. The van der Waals surface area contributed by atoms with Gasteiger partial charge in [-0.2, -0.15) is 8.78 Å². The number of carbonyl (C=O) groups excluding carboxylic acids is 2. The number of rotatable bonds is 8. The van der Waals surface area contributed by atoms with Crippen molar-refractivity contribution in [1.82, 2.24) is 0 Å². The fraction of sp³-hybridized carbons (Fsp3) is 0.654. The zero-order valence-electron chi connectivity index (χ0n) is 20.3. The molecule has 194 valence electrons. The van der Waals surface area contributed by atoms with Crippen molar-refractivity contribution in [3.63, 3.8) is 0 Å². The Kier molecular flexibility index (Phi) is 8.72. The minimum absolute atomic E-state index is 0.0600. The smallest absolute Gasteiger partial charge is 0.477 e. The summed E-state index contributed by atoms with van der Waals surface area (Å²) in [5, 5.41) is 9.01. The fourth-order valence-electron chi connectivity index (χ4n) is 5.08. The molecule has 0 heterocycles. The summed E-state index contributed by atoms with van der Waals surface area (Å²) in [4.78, 5) is 36.1. The van der Waals surface area contributed by atoms with E-state index in [1.807, 2.05) is 13.8 Å². The second-order valence-electron chi connectivity index (χ2n) is 10.1. The Morgan fingerprint density at radius 3 is 2.00 bits per heavy atom. The van der Waals surface area contributed by atoms with Crippen molar-refractivity contribution in [2.24, 2.45) is 11.8 Å². The Morgan fingerprint density at radius 2 is 1.46 bits per heavy atom. The minimum Gasteiger partial charge on any atom is -0.477 e. The molecule has 35 heavy (non-hydrogen) atoms. The van der Waals surface area contributed by atoms with Gasteiger partial charge in [0.2, 0.25) is 0 Å². The van der Waals surface area contributed by atoms with Crippen LogP contribution in [-0.4, -0.2) is 40.8 Å². The van der Waals surface area contributed by atoms with E-state index in [4.69, 9.17) is 19.3 Å². The summed E-state index contributed by atoms with van der Waals surface area (Å²) in [5.74, 6) is -7.94. The van der Waals surface area contributed by atoms with Crippen LogP contribution in [0.15, 0.2) is 24.3 Å². The summed E-state index contributed by atoms with van der Waals surface area (Å²) in [6.07, 6.45) is 5.39. The van der Waals surface area contributed by atoms with Gasteiger partial charge in [0.05, 0.1) is 5.56 Å². The van der Waals surface area contributed by atoms with Crippen molar-refractivity contribution in [2.75, 3.05) is 0 Å². The molecule has 3 rings (SSSR count). The number of esters is 1. The lowest BCUT2D eigenvalue weighted by Crippen LogP contribution is -2.48. The van der Waals surface area contributed by atoms with Crippen LogP contribution >= 0.6 is 0 Å². The molecule has 2 aliphatic rings. The molecule has 7 nitrogen and oxygen atoms in total. The van der Waals surface area contributed by atoms with Crippen LogP contribution in [0.25, 0.3) is 0 Å². The van der Waals surface area contributed by atoms with Gasteiger partial charge < -0.3 is 19.3 Å². The fourth-order valence-corrected chi connectivity index (χ4v) is 5.08. The summed E-state index contributed by atoms with van der Waals surface area (Å²) in [6.45, 7) is 3.72. The lowest BCUT2D eigenvalue weighted by atomic mass is 9.79. The molecule has 2 saturated carbocycles. The predicted octanol–water partition coefficient (Wildman–Crippen LogP) is 6.39. The topological polar surface area (TPSA) is 99.1 Å². The predicted molar refractivity (Wildman–Crippen MR) is 123 cm³/mol. The molecule has 9 heteroatoms. The number of carboxylic acids is 1. The van der Waals surface area contributed by atoms with Crippen LogP contribution in [0.1, 0.15) is 88.4 Å². The second-order valence-corrected chi connectivity index (χ2v) is 10.1. The van der Waals surface area contributed by atoms with E-state index in [9.17, 15) is 23.2 Å². The largest absolute Gasteiger partial charge is 0.514 e. The SMILES string of the molecule is CC(C)(OC(=O)Oc1ccc(C(=O)OC(C2CCCCC2)C(F)(F)C(=O)O)cc1)C1CCCCC1. The van der Waals surface area contributed by atoms with Crippen LogP contribution in [0.4, 0.5) is 13.6 Å². The van der Waals surface area contributed by atoms with Gasteiger partial charge in [0.1, 0.15) is 11.4 Å². The highest BCUT2D eigenvalue weighted by Gasteiger charge is 2.53. The van der Waals surface area contributed by atoms with Gasteiger partial charge in [-0.1, -0.05) is 38.5 Å². The molecule has 0 bridgehead atoms. The lowest BCUT2D eigenvalue weighted by Gasteiger charge is -2.35. The zero-order chi connectivity index (χ0) is 25.6. The Morgan fingerprint density at radius 1 is 0.914 bits per heavy atom. The third-order valence-corrected chi connectivity index (χ3v) is 7.18. The minimum atomic E-state index is -4.20. The van der Waals surface area contributed by atoms with E-state index in [0.29, 0.717) is 25.7 Å². The molecule has 0 amide bonds. The molecule has 1 aromatic rings. The van der Waals surface area contributed by atoms with E-state index < -0.39 is 41.6 Å². The first kappa shape index (κ1) is 26.9. The Balaban J connectivity index is 1.62. The average molecular weight is 497 g/mol. The Labute approximate surface area is 204 Å². The van der Waals surface area contributed by atoms with Crippen molar-refractivity contribution >= 4 is 18.1 Å². The molecule has 2 aliphatic carbocycles. The summed E-state index contributed by atoms with van der Waals surface area (Å²) < 4.78 is 44.6. The summed E-state index contributed by atoms with van der Waals surface area (Å²) in [5.41, 5.74) is -0.736. The number of halogens is 2. The maximum absolute atomic E-state index is 14.4. The van der Waals surface area contributed by atoms with E-state index in [-0.39, 0.29) is 17.2 Å². The number of alkyl halides is 2. The molecular weight excluding hydrogens is 462 g/mol. The zero-order valence-corrected chi connectivity index (χ0v) is 20.3. The van der Waals surface area contributed by atoms with Gasteiger partial charge in [0.15, 0.2) is 6.10 Å². The molecule has 1 aromatic carbocycles. The van der Waals surface area contributed by atoms with Gasteiger partial charge in [0, 0.05) is 5.92 Å². The van der Waals surface area contributed by atoms with Crippen molar-refractivity contribution in [3.05, 3.63) is 29.8 Å². The number of carbonyl (C=O) groups is 3. The third kappa shape index (κ3) is 6.92. The third-order valence-electron chi connectivity index (χ3n) is 7.18. The molecule has 0 spiro atoms. The lowest BCUT2D eigenvalue weighted by molar-refractivity contribution is -0.189. The number of ether oxygens (including phenoxy) is 3. The monoisotopic (exact) mass is 496 g/mol.